The van der Waals surface area contributed by atoms with Crippen LogP contribution < -0.4 is 0 Å². The van der Waals surface area contributed by atoms with Crippen molar-refractivity contribution in [3.8, 4) is 0 Å². The highest BCUT2D eigenvalue weighted by molar-refractivity contribution is 5.11. The molecule has 1 aliphatic heterocycles. The van der Waals surface area contributed by atoms with Crippen LogP contribution in [0.3, 0.4) is 0 Å². The standard InChI is InChI=1S/C16H24N6/c1-20(2)12-14-8-17-9-15(19-14)16-5-4-6-22(16)11-13-7-18-21(3)10-13/h7-10,16H,4-6,11-12H2,1-3H3/t16-/m0/s1. The Morgan fingerprint density at radius 3 is 2.86 bits per heavy atom. The van der Waals surface area contributed by atoms with Crippen molar-refractivity contribution < 1.29 is 0 Å². The molecule has 1 atom stereocenters. The van der Waals surface area contributed by atoms with E-state index in [1.54, 1.807) is 0 Å². The molecule has 3 rings (SSSR count). The van der Waals surface area contributed by atoms with Crippen molar-refractivity contribution in [2.75, 3.05) is 20.6 Å². The third-order valence-corrected chi connectivity index (χ3v) is 4.03. The molecule has 2 aromatic rings. The molecule has 0 unspecified atom stereocenters. The van der Waals surface area contributed by atoms with Gasteiger partial charge in [0.1, 0.15) is 0 Å². The van der Waals surface area contributed by atoms with Crippen molar-refractivity contribution >= 4 is 0 Å². The Morgan fingerprint density at radius 2 is 2.14 bits per heavy atom. The van der Waals surface area contributed by atoms with Gasteiger partial charge in [-0.3, -0.25) is 19.5 Å². The van der Waals surface area contributed by atoms with Gasteiger partial charge in [0.25, 0.3) is 0 Å². The van der Waals surface area contributed by atoms with E-state index in [1.807, 2.05) is 30.3 Å². The van der Waals surface area contributed by atoms with Crippen LogP contribution in [0.1, 0.15) is 35.8 Å². The maximum Gasteiger partial charge on any atom is 0.0762 e. The Labute approximate surface area is 131 Å². The molecule has 0 radical (unpaired) electrons. The van der Waals surface area contributed by atoms with Crippen molar-refractivity contribution in [3.63, 3.8) is 0 Å². The fourth-order valence-electron chi connectivity index (χ4n) is 3.12. The van der Waals surface area contributed by atoms with Gasteiger partial charge >= 0.3 is 0 Å². The first kappa shape index (κ1) is 15.1. The zero-order valence-electron chi connectivity index (χ0n) is 13.6. The van der Waals surface area contributed by atoms with Gasteiger partial charge < -0.3 is 4.90 Å². The van der Waals surface area contributed by atoms with Crippen LogP contribution in [0.5, 0.6) is 0 Å². The predicted octanol–water partition coefficient (Wildman–Crippen LogP) is 1.61. The smallest absolute Gasteiger partial charge is 0.0762 e. The van der Waals surface area contributed by atoms with Crippen LogP contribution in [-0.2, 0) is 20.1 Å². The summed E-state index contributed by atoms with van der Waals surface area (Å²) in [5, 5.41) is 4.26. The van der Waals surface area contributed by atoms with Crippen LogP contribution in [0.2, 0.25) is 0 Å². The van der Waals surface area contributed by atoms with E-state index < -0.39 is 0 Å². The molecule has 0 saturated carbocycles. The van der Waals surface area contributed by atoms with Crippen LogP contribution in [0.4, 0.5) is 0 Å². The predicted molar refractivity (Wildman–Crippen MR) is 85.0 cm³/mol. The zero-order valence-corrected chi connectivity index (χ0v) is 13.6. The quantitative estimate of drug-likeness (QED) is 0.839. The second-order valence-corrected chi connectivity index (χ2v) is 6.32. The van der Waals surface area contributed by atoms with E-state index in [1.165, 1.54) is 12.0 Å². The van der Waals surface area contributed by atoms with Crippen molar-refractivity contribution in [1.29, 1.82) is 0 Å². The third kappa shape index (κ3) is 3.51. The van der Waals surface area contributed by atoms with Crippen molar-refractivity contribution in [1.82, 2.24) is 29.5 Å². The van der Waals surface area contributed by atoms with E-state index >= 15 is 0 Å². The Balaban J connectivity index is 1.75. The molecule has 0 spiro atoms. The molecular weight excluding hydrogens is 276 g/mol. The highest BCUT2D eigenvalue weighted by Crippen LogP contribution is 2.31. The maximum absolute atomic E-state index is 4.83. The van der Waals surface area contributed by atoms with E-state index in [4.69, 9.17) is 4.98 Å². The summed E-state index contributed by atoms with van der Waals surface area (Å²) in [5.74, 6) is 0. The number of rotatable bonds is 5. The molecule has 1 aliphatic rings. The molecule has 0 N–H and O–H groups in total. The van der Waals surface area contributed by atoms with Crippen molar-refractivity contribution in [3.05, 3.63) is 41.7 Å². The van der Waals surface area contributed by atoms with E-state index in [9.17, 15) is 0 Å². The van der Waals surface area contributed by atoms with Crippen LogP contribution >= 0.6 is 0 Å². The second-order valence-electron chi connectivity index (χ2n) is 6.32. The summed E-state index contributed by atoms with van der Waals surface area (Å²) in [7, 11) is 6.07. The van der Waals surface area contributed by atoms with Gasteiger partial charge in [0.2, 0.25) is 0 Å². The number of hydrogen-bond acceptors (Lipinski definition) is 5. The molecule has 2 aromatic heterocycles. The Hall–Kier alpha value is -1.79. The fourth-order valence-corrected chi connectivity index (χ4v) is 3.12. The summed E-state index contributed by atoms with van der Waals surface area (Å²) in [4.78, 5) is 13.8. The minimum absolute atomic E-state index is 0.370. The van der Waals surface area contributed by atoms with Gasteiger partial charge in [0.15, 0.2) is 0 Å². The van der Waals surface area contributed by atoms with Gasteiger partial charge in [-0.1, -0.05) is 0 Å². The number of aryl methyl sites for hydroxylation is 1. The molecular formula is C16H24N6. The molecule has 0 amide bonds. The monoisotopic (exact) mass is 300 g/mol. The number of nitrogens with zero attached hydrogens (tertiary/aromatic N) is 6. The third-order valence-electron chi connectivity index (χ3n) is 4.03. The zero-order chi connectivity index (χ0) is 15.5. The van der Waals surface area contributed by atoms with Gasteiger partial charge in [-0.2, -0.15) is 5.10 Å². The van der Waals surface area contributed by atoms with Crippen LogP contribution in [0.25, 0.3) is 0 Å². The summed E-state index contributed by atoms with van der Waals surface area (Å²) < 4.78 is 1.86. The first-order valence-electron chi connectivity index (χ1n) is 7.79. The van der Waals surface area contributed by atoms with Gasteiger partial charge in [0.05, 0.1) is 23.6 Å². The maximum atomic E-state index is 4.83. The Kier molecular flexibility index (Phi) is 4.49. The number of likely N-dealkylation sites (tertiary alicyclic amines) is 1. The molecule has 118 valence electrons. The molecule has 6 heteroatoms. The van der Waals surface area contributed by atoms with Gasteiger partial charge in [-0.25, -0.2) is 0 Å². The fraction of sp³-hybridized carbons (Fsp3) is 0.562. The average Bonchev–Trinajstić information content (AvgIpc) is 3.08. The lowest BCUT2D eigenvalue weighted by atomic mass is 10.1. The summed E-state index contributed by atoms with van der Waals surface area (Å²) in [6, 6.07) is 0.370. The molecule has 0 bridgehead atoms. The van der Waals surface area contributed by atoms with E-state index in [0.717, 1.165) is 37.4 Å². The van der Waals surface area contributed by atoms with Gasteiger partial charge in [0, 0.05) is 44.3 Å². The minimum Gasteiger partial charge on any atom is -0.304 e. The minimum atomic E-state index is 0.370. The number of aromatic nitrogens is 4. The van der Waals surface area contributed by atoms with Gasteiger partial charge in [-0.05, 0) is 33.5 Å². The molecule has 3 heterocycles. The summed E-state index contributed by atoms with van der Waals surface area (Å²) in [5.41, 5.74) is 3.39. The summed E-state index contributed by atoms with van der Waals surface area (Å²) in [6.07, 6.45) is 10.2. The highest BCUT2D eigenvalue weighted by Gasteiger charge is 2.27. The first-order chi connectivity index (χ1) is 10.6. The number of hydrogen-bond donors (Lipinski definition) is 0. The molecule has 0 aliphatic carbocycles. The largest absolute Gasteiger partial charge is 0.304 e. The van der Waals surface area contributed by atoms with Gasteiger partial charge in [-0.15, -0.1) is 0 Å². The summed E-state index contributed by atoms with van der Waals surface area (Å²) >= 11 is 0. The van der Waals surface area contributed by atoms with E-state index in [0.29, 0.717) is 6.04 Å². The molecule has 1 fully saturated rings. The lowest BCUT2D eigenvalue weighted by Gasteiger charge is -2.23. The average molecular weight is 300 g/mol. The van der Waals surface area contributed by atoms with Crippen LogP contribution in [-0.4, -0.2) is 50.2 Å². The van der Waals surface area contributed by atoms with Crippen LogP contribution in [0, 0.1) is 0 Å². The van der Waals surface area contributed by atoms with E-state index in [-0.39, 0.29) is 0 Å². The topological polar surface area (TPSA) is 50.1 Å². The Morgan fingerprint density at radius 1 is 1.27 bits per heavy atom. The first-order valence-corrected chi connectivity index (χ1v) is 7.79. The molecule has 1 saturated heterocycles. The second kappa shape index (κ2) is 6.54. The lowest BCUT2D eigenvalue weighted by Crippen LogP contribution is -2.24. The molecule has 22 heavy (non-hydrogen) atoms. The van der Waals surface area contributed by atoms with Crippen molar-refractivity contribution in [2.45, 2.75) is 32.0 Å². The Bertz CT molecular complexity index is 621. The molecule has 6 nitrogen and oxygen atoms in total. The summed E-state index contributed by atoms with van der Waals surface area (Å²) in [6.45, 7) is 2.87. The van der Waals surface area contributed by atoms with Crippen LogP contribution in [0.15, 0.2) is 24.8 Å². The highest BCUT2D eigenvalue weighted by atomic mass is 15.3. The van der Waals surface area contributed by atoms with E-state index in [2.05, 4.69) is 40.2 Å². The lowest BCUT2D eigenvalue weighted by molar-refractivity contribution is 0.243. The SMILES string of the molecule is CN(C)Cc1cncc([C@@H]2CCCN2Cc2cnn(C)c2)n1. The van der Waals surface area contributed by atoms with Crippen molar-refractivity contribution in [2.24, 2.45) is 7.05 Å². The molecule has 0 aromatic carbocycles. The normalized spacial score (nSPS) is 19.2.